The smallest absolute Gasteiger partial charge is 0.237 e. The van der Waals surface area contributed by atoms with E-state index in [4.69, 9.17) is 14.2 Å². The molecule has 23 heavy (non-hydrogen) atoms. The van der Waals surface area contributed by atoms with Crippen LogP contribution in [0.3, 0.4) is 0 Å². The highest BCUT2D eigenvalue weighted by atomic mass is 16.5. The maximum absolute atomic E-state index is 12.1. The Kier molecular flexibility index (Phi) is 6.52. The van der Waals surface area contributed by atoms with E-state index in [1.807, 2.05) is 12.1 Å². The molecule has 1 saturated heterocycles. The molecule has 2 N–H and O–H groups in total. The van der Waals surface area contributed by atoms with Crippen LogP contribution in [0.2, 0.25) is 0 Å². The van der Waals surface area contributed by atoms with Crippen molar-refractivity contribution in [2.45, 2.75) is 31.7 Å². The zero-order chi connectivity index (χ0) is 16.7. The fourth-order valence-corrected chi connectivity index (χ4v) is 2.83. The molecule has 1 aromatic carbocycles. The Morgan fingerprint density at radius 3 is 2.39 bits per heavy atom. The molecule has 1 amide bonds. The molecule has 0 bridgehead atoms. The van der Waals surface area contributed by atoms with Crippen LogP contribution in [-0.2, 0) is 11.2 Å². The molecule has 0 aliphatic carbocycles. The molecule has 0 aromatic heterocycles. The quantitative estimate of drug-likeness (QED) is 0.796. The Bertz CT molecular complexity index is 502. The van der Waals surface area contributed by atoms with Crippen molar-refractivity contribution in [1.29, 1.82) is 0 Å². The third-order valence-electron chi connectivity index (χ3n) is 4.12. The van der Waals surface area contributed by atoms with E-state index in [-0.39, 0.29) is 11.9 Å². The fourth-order valence-electron chi connectivity index (χ4n) is 2.83. The summed E-state index contributed by atoms with van der Waals surface area (Å²) in [5, 5.41) is 6.24. The van der Waals surface area contributed by atoms with Gasteiger partial charge < -0.3 is 24.8 Å². The topological polar surface area (TPSA) is 68.8 Å². The second kappa shape index (κ2) is 8.62. The number of piperidine rings is 1. The molecule has 1 heterocycles. The molecule has 1 atom stereocenters. The van der Waals surface area contributed by atoms with Crippen LogP contribution in [-0.4, -0.2) is 46.4 Å². The van der Waals surface area contributed by atoms with Crippen LogP contribution in [0.1, 0.15) is 24.8 Å². The summed E-state index contributed by atoms with van der Waals surface area (Å²) in [6.07, 6.45) is 3.78. The van der Waals surface area contributed by atoms with Gasteiger partial charge in [-0.05, 0) is 25.8 Å². The maximum atomic E-state index is 12.1. The second-order valence-electron chi connectivity index (χ2n) is 5.55. The highest BCUT2D eigenvalue weighted by molar-refractivity contribution is 5.81. The standard InChI is InChI=1S/C17H26N2O4/c1-21-12-10-15(22-2)13(16(11-12)23-3)7-9-19-17(20)14-6-4-5-8-18-14/h10-11,14,18H,4-9H2,1-3H3,(H,19,20). The van der Waals surface area contributed by atoms with E-state index < -0.39 is 0 Å². The van der Waals surface area contributed by atoms with Crippen molar-refractivity contribution in [3.63, 3.8) is 0 Å². The first-order chi connectivity index (χ1) is 11.2. The molecular formula is C17H26N2O4. The van der Waals surface area contributed by atoms with Crippen LogP contribution < -0.4 is 24.8 Å². The first-order valence-electron chi connectivity index (χ1n) is 7.99. The van der Waals surface area contributed by atoms with Gasteiger partial charge in [-0.25, -0.2) is 0 Å². The highest BCUT2D eigenvalue weighted by Crippen LogP contribution is 2.34. The number of ether oxygens (including phenoxy) is 3. The number of benzene rings is 1. The lowest BCUT2D eigenvalue weighted by atomic mass is 10.0. The van der Waals surface area contributed by atoms with Crippen molar-refractivity contribution in [3.05, 3.63) is 17.7 Å². The molecule has 6 heteroatoms. The molecule has 1 unspecified atom stereocenters. The van der Waals surface area contributed by atoms with E-state index in [1.54, 1.807) is 21.3 Å². The van der Waals surface area contributed by atoms with Crippen molar-refractivity contribution in [3.8, 4) is 17.2 Å². The predicted octanol–water partition coefficient (Wildman–Crippen LogP) is 1.51. The van der Waals surface area contributed by atoms with Gasteiger partial charge in [0, 0.05) is 24.2 Å². The Balaban J connectivity index is 1.97. The number of hydrogen-bond acceptors (Lipinski definition) is 5. The Hall–Kier alpha value is -1.95. The molecule has 0 spiro atoms. The van der Waals surface area contributed by atoms with Gasteiger partial charge >= 0.3 is 0 Å². The first-order valence-corrected chi connectivity index (χ1v) is 7.99. The van der Waals surface area contributed by atoms with Gasteiger partial charge in [-0.2, -0.15) is 0 Å². The molecule has 6 nitrogen and oxygen atoms in total. The number of amides is 1. The monoisotopic (exact) mass is 322 g/mol. The minimum Gasteiger partial charge on any atom is -0.496 e. The van der Waals surface area contributed by atoms with Gasteiger partial charge in [-0.15, -0.1) is 0 Å². The van der Waals surface area contributed by atoms with Crippen LogP contribution in [0.5, 0.6) is 17.2 Å². The molecule has 1 aliphatic heterocycles. The normalized spacial score (nSPS) is 17.4. The van der Waals surface area contributed by atoms with E-state index in [1.165, 1.54) is 0 Å². The van der Waals surface area contributed by atoms with Gasteiger partial charge in [0.1, 0.15) is 17.2 Å². The number of carbonyl (C=O) groups is 1. The Morgan fingerprint density at radius 2 is 1.87 bits per heavy atom. The van der Waals surface area contributed by atoms with Gasteiger partial charge in [-0.1, -0.05) is 6.42 Å². The predicted molar refractivity (Wildman–Crippen MR) is 88.5 cm³/mol. The highest BCUT2D eigenvalue weighted by Gasteiger charge is 2.20. The summed E-state index contributed by atoms with van der Waals surface area (Å²) in [4.78, 5) is 12.1. The molecule has 1 aromatic rings. The van der Waals surface area contributed by atoms with Crippen molar-refractivity contribution >= 4 is 5.91 Å². The van der Waals surface area contributed by atoms with Crippen molar-refractivity contribution < 1.29 is 19.0 Å². The maximum Gasteiger partial charge on any atom is 0.237 e. The third kappa shape index (κ3) is 4.51. The molecule has 2 rings (SSSR count). The number of methoxy groups -OCH3 is 3. The zero-order valence-corrected chi connectivity index (χ0v) is 14.1. The molecular weight excluding hydrogens is 296 g/mol. The van der Waals surface area contributed by atoms with Crippen LogP contribution in [0.25, 0.3) is 0 Å². The molecule has 0 saturated carbocycles. The summed E-state index contributed by atoms with van der Waals surface area (Å²) in [6, 6.07) is 3.58. The number of rotatable bonds is 7. The largest absolute Gasteiger partial charge is 0.496 e. The van der Waals surface area contributed by atoms with E-state index in [0.717, 1.165) is 31.4 Å². The minimum absolute atomic E-state index is 0.0659. The lowest BCUT2D eigenvalue weighted by Gasteiger charge is -2.22. The summed E-state index contributed by atoms with van der Waals surface area (Å²) in [7, 11) is 4.83. The zero-order valence-electron chi connectivity index (χ0n) is 14.1. The van der Waals surface area contributed by atoms with Crippen molar-refractivity contribution in [2.75, 3.05) is 34.4 Å². The second-order valence-corrected chi connectivity index (χ2v) is 5.55. The lowest BCUT2D eigenvalue weighted by molar-refractivity contribution is -0.123. The first kappa shape index (κ1) is 17.4. The number of hydrogen-bond donors (Lipinski definition) is 2. The molecule has 1 fully saturated rings. The van der Waals surface area contributed by atoms with Crippen LogP contribution >= 0.6 is 0 Å². The average Bonchev–Trinajstić information content (AvgIpc) is 2.62. The summed E-state index contributed by atoms with van der Waals surface area (Å²) < 4.78 is 16.1. The minimum atomic E-state index is -0.0663. The van der Waals surface area contributed by atoms with Crippen LogP contribution in [0.4, 0.5) is 0 Å². The number of carbonyl (C=O) groups excluding carboxylic acids is 1. The molecule has 1 aliphatic rings. The average molecular weight is 322 g/mol. The van der Waals surface area contributed by atoms with Gasteiger partial charge in [-0.3, -0.25) is 4.79 Å². The summed E-state index contributed by atoms with van der Waals surface area (Å²) in [5.41, 5.74) is 0.924. The van der Waals surface area contributed by atoms with E-state index in [0.29, 0.717) is 30.2 Å². The van der Waals surface area contributed by atoms with Gasteiger partial charge in [0.15, 0.2) is 0 Å². The number of nitrogens with one attached hydrogen (secondary N) is 2. The van der Waals surface area contributed by atoms with E-state index in [2.05, 4.69) is 10.6 Å². The molecule has 128 valence electrons. The lowest BCUT2D eigenvalue weighted by Crippen LogP contribution is -2.47. The molecule has 0 radical (unpaired) electrons. The SMILES string of the molecule is COc1cc(OC)c(CCNC(=O)C2CCCCN2)c(OC)c1. The summed E-state index contributed by atoms with van der Waals surface area (Å²) >= 11 is 0. The van der Waals surface area contributed by atoms with Crippen LogP contribution in [0.15, 0.2) is 12.1 Å². The Morgan fingerprint density at radius 1 is 1.17 bits per heavy atom. The van der Waals surface area contributed by atoms with Crippen molar-refractivity contribution in [1.82, 2.24) is 10.6 Å². The van der Waals surface area contributed by atoms with Gasteiger partial charge in [0.05, 0.1) is 27.4 Å². The Labute approximate surface area is 137 Å². The van der Waals surface area contributed by atoms with Gasteiger partial charge in [0.25, 0.3) is 0 Å². The summed E-state index contributed by atoms with van der Waals surface area (Å²) in [5.74, 6) is 2.14. The van der Waals surface area contributed by atoms with E-state index >= 15 is 0 Å². The van der Waals surface area contributed by atoms with E-state index in [9.17, 15) is 4.79 Å². The van der Waals surface area contributed by atoms with Gasteiger partial charge in [0.2, 0.25) is 5.91 Å². The third-order valence-corrected chi connectivity index (χ3v) is 4.12. The fraction of sp³-hybridized carbons (Fsp3) is 0.588. The van der Waals surface area contributed by atoms with Crippen LogP contribution in [0, 0.1) is 0 Å². The van der Waals surface area contributed by atoms with Crippen molar-refractivity contribution in [2.24, 2.45) is 0 Å². The summed E-state index contributed by atoms with van der Waals surface area (Å²) in [6.45, 7) is 1.45.